The number of anilines is 1. The molecule has 2 aromatic rings. The number of fused-ring (bicyclic) bond motifs is 1. The molecule has 20 heavy (non-hydrogen) atoms. The first-order valence-electron chi connectivity index (χ1n) is 6.00. The van der Waals surface area contributed by atoms with Gasteiger partial charge in [0.05, 0.1) is 17.3 Å². The summed E-state index contributed by atoms with van der Waals surface area (Å²) in [6.07, 6.45) is 1.79. The maximum Gasteiger partial charge on any atom is 0.256 e. The van der Waals surface area contributed by atoms with Gasteiger partial charge in [-0.3, -0.25) is 4.79 Å². The molecule has 0 saturated carbocycles. The van der Waals surface area contributed by atoms with E-state index in [9.17, 15) is 4.79 Å². The van der Waals surface area contributed by atoms with Gasteiger partial charge in [-0.1, -0.05) is 29.8 Å². The van der Waals surface area contributed by atoms with Gasteiger partial charge in [0, 0.05) is 16.2 Å². The molecule has 1 heterocycles. The Balaban J connectivity index is 2.09. The Labute approximate surface area is 121 Å². The second-order valence-corrected chi connectivity index (χ2v) is 4.88. The fourth-order valence-electron chi connectivity index (χ4n) is 2.17. The topological polar surface area (TPSA) is 52.9 Å². The van der Waals surface area contributed by atoms with Gasteiger partial charge >= 0.3 is 0 Å². The van der Waals surface area contributed by atoms with E-state index in [2.05, 4.69) is 11.4 Å². The third-order valence-electron chi connectivity index (χ3n) is 3.09. The Morgan fingerprint density at radius 2 is 2.05 bits per heavy atom. The zero-order valence-corrected chi connectivity index (χ0v) is 11.1. The minimum absolute atomic E-state index is 0.171. The van der Waals surface area contributed by atoms with Gasteiger partial charge in [-0.15, -0.1) is 0 Å². The van der Waals surface area contributed by atoms with Crippen molar-refractivity contribution >= 4 is 34.8 Å². The molecule has 2 aromatic carbocycles. The normalized spacial score (nSPS) is 14.8. The first kappa shape index (κ1) is 12.5. The number of rotatable bonds is 1. The van der Waals surface area contributed by atoms with E-state index in [-0.39, 0.29) is 5.91 Å². The molecule has 0 aliphatic carbocycles. The monoisotopic (exact) mass is 280 g/mol. The molecule has 3 nitrogen and oxygen atoms in total. The van der Waals surface area contributed by atoms with E-state index in [1.54, 1.807) is 36.4 Å². The number of nitriles is 1. The number of carbonyl (C=O) groups is 1. The zero-order valence-electron chi connectivity index (χ0n) is 10.4. The first-order valence-corrected chi connectivity index (χ1v) is 6.38. The van der Waals surface area contributed by atoms with Crippen molar-refractivity contribution in [2.45, 2.75) is 0 Å². The number of hydrogen-bond donors (Lipinski definition) is 1. The fourth-order valence-corrected chi connectivity index (χ4v) is 2.37. The van der Waals surface area contributed by atoms with Crippen molar-refractivity contribution in [3.05, 3.63) is 64.2 Å². The highest BCUT2D eigenvalue weighted by Gasteiger charge is 2.24. The summed E-state index contributed by atoms with van der Waals surface area (Å²) >= 11 is 5.94. The lowest BCUT2D eigenvalue weighted by molar-refractivity contribution is -0.110. The van der Waals surface area contributed by atoms with E-state index < -0.39 is 0 Å². The minimum atomic E-state index is -0.171. The van der Waals surface area contributed by atoms with Crippen LogP contribution in [0.1, 0.15) is 16.7 Å². The maximum absolute atomic E-state index is 12.0. The Hall–Kier alpha value is -2.57. The molecular weight excluding hydrogens is 272 g/mol. The zero-order chi connectivity index (χ0) is 14.1. The molecule has 0 spiro atoms. The molecule has 0 bridgehead atoms. The Morgan fingerprint density at radius 1 is 1.20 bits per heavy atom. The summed E-state index contributed by atoms with van der Waals surface area (Å²) in [5, 5.41) is 12.3. The largest absolute Gasteiger partial charge is 0.321 e. The lowest BCUT2D eigenvalue weighted by atomic mass is 10.0. The van der Waals surface area contributed by atoms with E-state index in [0.29, 0.717) is 21.8 Å². The van der Waals surface area contributed by atoms with Crippen LogP contribution in [0.15, 0.2) is 42.5 Å². The van der Waals surface area contributed by atoms with Crippen LogP contribution < -0.4 is 5.32 Å². The minimum Gasteiger partial charge on any atom is -0.321 e. The van der Waals surface area contributed by atoms with Crippen molar-refractivity contribution in [3.8, 4) is 6.07 Å². The van der Waals surface area contributed by atoms with Gasteiger partial charge in [0.15, 0.2) is 0 Å². The Bertz CT molecular complexity index is 787. The predicted molar refractivity (Wildman–Crippen MR) is 79.1 cm³/mol. The van der Waals surface area contributed by atoms with Crippen molar-refractivity contribution in [1.82, 2.24) is 0 Å². The highest BCUT2D eigenvalue weighted by Crippen LogP contribution is 2.33. The second kappa shape index (κ2) is 4.84. The molecule has 0 unspecified atom stereocenters. The molecule has 0 radical (unpaired) electrons. The van der Waals surface area contributed by atoms with Crippen LogP contribution in [0.5, 0.6) is 0 Å². The van der Waals surface area contributed by atoms with E-state index >= 15 is 0 Å². The Kier molecular flexibility index (Phi) is 3.02. The first-order chi connectivity index (χ1) is 9.67. The van der Waals surface area contributed by atoms with Crippen LogP contribution in [-0.2, 0) is 4.79 Å². The van der Waals surface area contributed by atoms with Crippen LogP contribution in [-0.4, -0.2) is 5.91 Å². The molecular formula is C16H9ClN2O. The molecule has 1 N–H and O–H groups in total. The number of halogens is 1. The van der Waals surface area contributed by atoms with E-state index in [1.807, 2.05) is 12.1 Å². The summed E-state index contributed by atoms with van der Waals surface area (Å²) < 4.78 is 0. The van der Waals surface area contributed by atoms with Gasteiger partial charge in [0.1, 0.15) is 0 Å². The Morgan fingerprint density at radius 3 is 2.80 bits per heavy atom. The third kappa shape index (κ3) is 2.18. The summed E-state index contributed by atoms with van der Waals surface area (Å²) in [4.78, 5) is 12.0. The van der Waals surface area contributed by atoms with Gasteiger partial charge in [-0.25, -0.2) is 0 Å². The number of hydrogen-bond acceptors (Lipinski definition) is 2. The molecule has 1 amide bonds. The molecule has 0 fully saturated rings. The van der Waals surface area contributed by atoms with Crippen LogP contribution in [0, 0.1) is 11.3 Å². The molecule has 1 aliphatic heterocycles. The van der Waals surface area contributed by atoms with E-state index in [1.165, 1.54) is 0 Å². The van der Waals surface area contributed by atoms with Crippen molar-refractivity contribution in [2.24, 2.45) is 0 Å². The average molecular weight is 281 g/mol. The molecule has 96 valence electrons. The summed E-state index contributed by atoms with van der Waals surface area (Å²) in [6, 6.07) is 14.5. The number of nitrogens with one attached hydrogen (secondary N) is 1. The van der Waals surface area contributed by atoms with Crippen LogP contribution in [0.3, 0.4) is 0 Å². The van der Waals surface area contributed by atoms with E-state index in [0.717, 1.165) is 11.1 Å². The van der Waals surface area contributed by atoms with Crippen molar-refractivity contribution in [1.29, 1.82) is 5.26 Å². The smallest absolute Gasteiger partial charge is 0.256 e. The van der Waals surface area contributed by atoms with Gasteiger partial charge in [0.25, 0.3) is 5.91 Å². The van der Waals surface area contributed by atoms with Crippen LogP contribution in [0.2, 0.25) is 5.02 Å². The van der Waals surface area contributed by atoms with Gasteiger partial charge in [-0.05, 0) is 35.9 Å². The standard InChI is InChI=1S/C16H9ClN2O/c17-12-3-1-2-10(6-12)7-14-13-5-4-11(9-18)8-15(13)19-16(14)20/h1-8H,(H,19,20)/b14-7+. The fraction of sp³-hybridized carbons (Fsp3) is 0. The highest BCUT2D eigenvalue weighted by atomic mass is 35.5. The lowest BCUT2D eigenvalue weighted by Crippen LogP contribution is -2.03. The van der Waals surface area contributed by atoms with Crippen molar-refractivity contribution in [2.75, 3.05) is 5.32 Å². The summed E-state index contributed by atoms with van der Waals surface area (Å²) in [7, 11) is 0. The molecule has 1 aliphatic rings. The number of benzene rings is 2. The number of carbonyl (C=O) groups excluding carboxylic acids is 1. The van der Waals surface area contributed by atoms with Gasteiger partial charge < -0.3 is 5.32 Å². The summed E-state index contributed by atoms with van der Waals surface area (Å²) in [6.45, 7) is 0. The van der Waals surface area contributed by atoms with Crippen molar-refractivity contribution < 1.29 is 4.79 Å². The predicted octanol–water partition coefficient (Wildman–Crippen LogP) is 3.70. The molecule has 4 heteroatoms. The SMILES string of the molecule is N#Cc1ccc2c(c1)NC(=O)/C2=C/c1cccc(Cl)c1. The second-order valence-electron chi connectivity index (χ2n) is 4.44. The van der Waals surface area contributed by atoms with Crippen LogP contribution >= 0.6 is 11.6 Å². The van der Waals surface area contributed by atoms with Crippen LogP contribution in [0.25, 0.3) is 11.6 Å². The molecule has 0 atom stereocenters. The summed E-state index contributed by atoms with van der Waals surface area (Å²) in [5.41, 5.74) is 3.43. The molecule has 0 aromatic heterocycles. The number of amides is 1. The van der Waals surface area contributed by atoms with Crippen LogP contribution in [0.4, 0.5) is 5.69 Å². The van der Waals surface area contributed by atoms with E-state index in [4.69, 9.17) is 16.9 Å². The molecule has 0 saturated heterocycles. The van der Waals surface area contributed by atoms with Gasteiger partial charge in [0.2, 0.25) is 0 Å². The average Bonchev–Trinajstić information content (AvgIpc) is 2.74. The lowest BCUT2D eigenvalue weighted by Gasteiger charge is -1.99. The maximum atomic E-state index is 12.0. The van der Waals surface area contributed by atoms with Gasteiger partial charge in [-0.2, -0.15) is 5.26 Å². The van der Waals surface area contributed by atoms with Crippen molar-refractivity contribution in [3.63, 3.8) is 0 Å². The third-order valence-corrected chi connectivity index (χ3v) is 3.33. The molecule has 3 rings (SSSR count). The number of nitrogens with zero attached hydrogens (tertiary/aromatic N) is 1. The quantitative estimate of drug-likeness (QED) is 0.810. The summed E-state index contributed by atoms with van der Waals surface area (Å²) in [5.74, 6) is -0.171. The highest BCUT2D eigenvalue weighted by molar-refractivity contribution is 6.35.